The summed E-state index contributed by atoms with van der Waals surface area (Å²) in [7, 11) is 0. The van der Waals surface area contributed by atoms with E-state index in [-0.39, 0.29) is 0 Å². The topological polar surface area (TPSA) is 84.7 Å². The van der Waals surface area contributed by atoms with Gasteiger partial charge in [0, 0.05) is 12.4 Å². The van der Waals surface area contributed by atoms with Gasteiger partial charge >= 0.3 is 0 Å². The van der Waals surface area contributed by atoms with E-state index in [4.69, 9.17) is 11.6 Å². The molecule has 1 unspecified atom stereocenters. The summed E-state index contributed by atoms with van der Waals surface area (Å²) in [5.74, 6) is 4.76. The molecule has 1 amide bonds. The van der Waals surface area contributed by atoms with Crippen LogP contribution in [-0.2, 0) is 4.79 Å². The first-order chi connectivity index (χ1) is 4.72. The molecule has 54 valence electrons. The van der Waals surface area contributed by atoms with Gasteiger partial charge in [-0.1, -0.05) is 0 Å². The van der Waals surface area contributed by atoms with Crippen LogP contribution in [0.5, 0.6) is 0 Å². The number of nitrogens with zero attached hydrogens (tertiary/aromatic N) is 2. The number of aliphatic imine (C=N–C) groups is 1. The Balaban J connectivity index is 2.70. The highest BCUT2D eigenvalue weighted by Gasteiger charge is 2.17. The predicted octanol–water partition coefficient (Wildman–Crippen LogP) is -1.43. The number of hydrogen-bond acceptors (Lipinski definition) is 4. The number of primary amides is 1. The smallest absolute Gasteiger partial charge is 0.264 e. The molecule has 10 heavy (non-hydrogen) atoms. The van der Waals surface area contributed by atoms with Gasteiger partial charge in [-0.2, -0.15) is 0 Å². The Morgan fingerprint density at radius 2 is 2.40 bits per heavy atom. The zero-order valence-corrected chi connectivity index (χ0v) is 5.27. The van der Waals surface area contributed by atoms with Gasteiger partial charge in [0.25, 0.3) is 5.91 Å². The molecule has 0 radical (unpaired) electrons. The monoisotopic (exact) mass is 140 g/mol. The maximum atomic E-state index is 10.5. The van der Waals surface area contributed by atoms with Crippen molar-refractivity contribution in [1.82, 2.24) is 5.01 Å². The van der Waals surface area contributed by atoms with Crippen LogP contribution in [0.2, 0.25) is 0 Å². The standard InChI is InChI=1S/C5H8N4O/c6-4(10)5-8-2-1-3-9(5)7/h1-3,5H,7H2,(H2,6,10). The van der Waals surface area contributed by atoms with E-state index < -0.39 is 12.1 Å². The van der Waals surface area contributed by atoms with E-state index >= 15 is 0 Å². The molecule has 4 N–H and O–H groups in total. The maximum Gasteiger partial charge on any atom is 0.264 e. The molecule has 0 aromatic heterocycles. The molecule has 0 saturated carbocycles. The predicted molar refractivity (Wildman–Crippen MR) is 36.6 cm³/mol. The van der Waals surface area contributed by atoms with Gasteiger partial charge in [0.15, 0.2) is 0 Å². The number of hydrazine groups is 1. The number of amides is 1. The van der Waals surface area contributed by atoms with Crippen molar-refractivity contribution in [3.63, 3.8) is 0 Å². The van der Waals surface area contributed by atoms with E-state index in [1.54, 1.807) is 6.08 Å². The van der Waals surface area contributed by atoms with Gasteiger partial charge in [-0.25, -0.2) is 5.84 Å². The average Bonchev–Trinajstić information content (AvgIpc) is 1.88. The van der Waals surface area contributed by atoms with Crippen LogP contribution in [0.4, 0.5) is 0 Å². The molecule has 0 spiro atoms. The molecule has 0 bridgehead atoms. The molecule has 0 saturated heterocycles. The van der Waals surface area contributed by atoms with E-state index in [0.717, 1.165) is 5.01 Å². The van der Waals surface area contributed by atoms with Crippen LogP contribution in [0.15, 0.2) is 17.3 Å². The minimum atomic E-state index is -0.745. The lowest BCUT2D eigenvalue weighted by atomic mass is 10.4. The van der Waals surface area contributed by atoms with Crippen LogP contribution in [-0.4, -0.2) is 23.3 Å². The van der Waals surface area contributed by atoms with Crippen LogP contribution in [0, 0.1) is 0 Å². The lowest BCUT2D eigenvalue weighted by molar-refractivity contribution is -0.122. The number of nitrogens with two attached hydrogens (primary N) is 2. The molecule has 1 aliphatic rings. The van der Waals surface area contributed by atoms with E-state index in [0.29, 0.717) is 0 Å². The maximum absolute atomic E-state index is 10.5. The van der Waals surface area contributed by atoms with E-state index in [1.807, 2.05) is 0 Å². The lowest BCUT2D eigenvalue weighted by Crippen LogP contribution is -2.45. The summed E-state index contributed by atoms with van der Waals surface area (Å²) >= 11 is 0. The Hall–Kier alpha value is -1.36. The normalized spacial score (nSPS) is 23.3. The zero-order valence-electron chi connectivity index (χ0n) is 5.27. The Labute approximate surface area is 58.0 Å². The van der Waals surface area contributed by atoms with Crippen molar-refractivity contribution in [2.45, 2.75) is 6.17 Å². The summed E-state index contributed by atoms with van der Waals surface area (Å²) in [5.41, 5.74) is 4.95. The fraction of sp³-hybridized carbons (Fsp3) is 0.200. The van der Waals surface area contributed by atoms with E-state index in [1.165, 1.54) is 12.4 Å². The largest absolute Gasteiger partial charge is 0.366 e. The summed E-state index contributed by atoms with van der Waals surface area (Å²) in [5, 5.41) is 1.16. The summed E-state index contributed by atoms with van der Waals surface area (Å²) < 4.78 is 0. The second-order valence-corrected chi connectivity index (χ2v) is 1.86. The van der Waals surface area contributed by atoms with Crippen LogP contribution >= 0.6 is 0 Å². The Morgan fingerprint density at radius 3 is 2.80 bits per heavy atom. The minimum Gasteiger partial charge on any atom is -0.366 e. The van der Waals surface area contributed by atoms with Gasteiger partial charge in [0.2, 0.25) is 6.17 Å². The zero-order chi connectivity index (χ0) is 7.56. The SMILES string of the molecule is NC(=O)C1N=CC=CN1N. The Bertz CT molecular complexity index is 198. The Morgan fingerprint density at radius 1 is 1.70 bits per heavy atom. The molecule has 0 aromatic carbocycles. The molecule has 0 aliphatic carbocycles. The van der Waals surface area contributed by atoms with Crippen molar-refractivity contribution >= 4 is 12.1 Å². The van der Waals surface area contributed by atoms with E-state index in [2.05, 4.69) is 4.99 Å². The lowest BCUT2D eigenvalue weighted by Gasteiger charge is -2.20. The molecular formula is C5H8N4O. The highest BCUT2D eigenvalue weighted by atomic mass is 16.1. The number of allylic oxidation sites excluding steroid dienone is 1. The third-order valence-electron chi connectivity index (χ3n) is 1.11. The van der Waals surface area contributed by atoms with Gasteiger partial charge in [-0.05, 0) is 6.08 Å². The first-order valence-corrected chi connectivity index (χ1v) is 2.74. The second-order valence-electron chi connectivity index (χ2n) is 1.86. The van der Waals surface area contributed by atoms with Gasteiger partial charge in [0.1, 0.15) is 0 Å². The van der Waals surface area contributed by atoms with Crippen LogP contribution < -0.4 is 11.6 Å². The molecule has 1 heterocycles. The molecule has 1 rings (SSSR count). The van der Waals surface area contributed by atoms with Gasteiger partial charge in [-0.3, -0.25) is 14.8 Å². The number of hydrogen-bond donors (Lipinski definition) is 2. The van der Waals surface area contributed by atoms with Crippen molar-refractivity contribution in [2.75, 3.05) is 0 Å². The van der Waals surface area contributed by atoms with Crippen molar-refractivity contribution < 1.29 is 4.79 Å². The van der Waals surface area contributed by atoms with Crippen LogP contribution in [0.1, 0.15) is 0 Å². The van der Waals surface area contributed by atoms with E-state index in [9.17, 15) is 4.79 Å². The van der Waals surface area contributed by atoms with Crippen LogP contribution in [0.3, 0.4) is 0 Å². The summed E-state index contributed by atoms with van der Waals surface area (Å²) in [4.78, 5) is 14.2. The minimum absolute atomic E-state index is 0.553. The molecule has 5 heteroatoms. The molecule has 0 fully saturated rings. The number of carbonyl (C=O) groups excluding carboxylic acids is 1. The highest BCUT2D eigenvalue weighted by molar-refractivity contribution is 5.84. The van der Waals surface area contributed by atoms with Crippen molar-refractivity contribution in [1.29, 1.82) is 0 Å². The summed E-state index contributed by atoms with van der Waals surface area (Å²) in [6, 6.07) is 0. The Kier molecular flexibility index (Phi) is 1.68. The number of carbonyl (C=O) groups is 1. The summed E-state index contributed by atoms with van der Waals surface area (Å²) in [6.07, 6.45) is 3.89. The molecule has 1 aliphatic heterocycles. The molecular weight excluding hydrogens is 132 g/mol. The molecule has 5 nitrogen and oxygen atoms in total. The van der Waals surface area contributed by atoms with Gasteiger partial charge in [-0.15, -0.1) is 0 Å². The highest BCUT2D eigenvalue weighted by Crippen LogP contribution is 1.98. The fourth-order valence-electron chi connectivity index (χ4n) is 0.648. The van der Waals surface area contributed by atoms with Crippen LogP contribution in [0.25, 0.3) is 0 Å². The first-order valence-electron chi connectivity index (χ1n) is 2.74. The van der Waals surface area contributed by atoms with Crippen molar-refractivity contribution in [2.24, 2.45) is 16.6 Å². The van der Waals surface area contributed by atoms with Crippen molar-refractivity contribution in [3.05, 3.63) is 12.3 Å². The first kappa shape index (κ1) is 6.76. The second kappa shape index (κ2) is 2.49. The van der Waals surface area contributed by atoms with Gasteiger partial charge < -0.3 is 5.73 Å². The summed E-state index contributed by atoms with van der Waals surface area (Å²) in [6.45, 7) is 0. The fourth-order valence-corrected chi connectivity index (χ4v) is 0.648. The third-order valence-corrected chi connectivity index (χ3v) is 1.11. The quantitative estimate of drug-likeness (QED) is 0.438. The number of rotatable bonds is 1. The van der Waals surface area contributed by atoms with Crippen molar-refractivity contribution in [3.8, 4) is 0 Å². The van der Waals surface area contributed by atoms with Gasteiger partial charge in [0.05, 0.1) is 0 Å². The average molecular weight is 140 g/mol. The molecule has 0 aromatic rings. The molecule has 1 atom stereocenters. The third kappa shape index (κ3) is 1.14.